The highest BCUT2D eigenvalue weighted by Gasteiger charge is 2.04. The van der Waals surface area contributed by atoms with Crippen molar-refractivity contribution in [2.45, 2.75) is 39.2 Å². The topological polar surface area (TPSA) is 69.6 Å². The van der Waals surface area contributed by atoms with Crippen LogP contribution in [0.4, 0.5) is 5.82 Å². The molecule has 5 heteroatoms. The summed E-state index contributed by atoms with van der Waals surface area (Å²) in [6, 6.07) is 0. The predicted molar refractivity (Wildman–Crippen MR) is 63.9 cm³/mol. The fourth-order valence-corrected chi connectivity index (χ4v) is 1.72. The van der Waals surface area contributed by atoms with Gasteiger partial charge in [-0.15, -0.1) is 0 Å². The van der Waals surface area contributed by atoms with E-state index >= 15 is 0 Å². The Kier molecular flexibility index (Phi) is 3.34. The third kappa shape index (κ3) is 2.29. The summed E-state index contributed by atoms with van der Waals surface area (Å²) < 4.78 is 1.91. The number of aryl methyl sites for hydroxylation is 1. The van der Waals surface area contributed by atoms with E-state index in [1.165, 1.54) is 25.6 Å². The number of fused-ring (bicyclic) bond motifs is 1. The summed E-state index contributed by atoms with van der Waals surface area (Å²) in [6.07, 6.45) is 8.30. The Labute approximate surface area is 94.7 Å². The molecule has 0 aromatic carbocycles. The van der Waals surface area contributed by atoms with Crippen molar-refractivity contribution in [1.29, 1.82) is 0 Å². The minimum Gasteiger partial charge on any atom is -0.383 e. The van der Waals surface area contributed by atoms with Crippen molar-refractivity contribution < 1.29 is 0 Å². The lowest BCUT2D eigenvalue weighted by Gasteiger charge is -1.99. The zero-order chi connectivity index (χ0) is 11.4. The molecule has 0 atom stereocenters. The first-order valence-electron chi connectivity index (χ1n) is 5.75. The van der Waals surface area contributed by atoms with Crippen LogP contribution in [0.1, 0.15) is 32.6 Å². The van der Waals surface area contributed by atoms with Crippen LogP contribution in [0.2, 0.25) is 0 Å². The second-order valence-electron chi connectivity index (χ2n) is 3.95. The average molecular weight is 219 g/mol. The highest BCUT2D eigenvalue weighted by atomic mass is 15.3. The first kappa shape index (κ1) is 10.9. The number of hydrogen-bond donors (Lipinski definition) is 1. The number of rotatable bonds is 5. The van der Waals surface area contributed by atoms with Gasteiger partial charge >= 0.3 is 0 Å². The van der Waals surface area contributed by atoms with Gasteiger partial charge in [0.2, 0.25) is 0 Å². The molecule has 2 N–H and O–H groups in total. The molecule has 0 fully saturated rings. The first-order chi connectivity index (χ1) is 7.81. The van der Waals surface area contributed by atoms with Gasteiger partial charge in [0.05, 0.1) is 5.39 Å². The molecule has 2 aromatic heterocycles. The molecule has 0 saturated heterocycles. The van der Waals surface area contributed by atoms with Crippen LogP contribution < -0.4 is 5.73 Å². The Balaban J connectivity index is 2.05. The van der Waals surface area contributed by atoms with E-state index in [9.17, 15) is 0 Å². The van der Waals surface area contributed by atoms with Crippen LogP contribution in [0.25, 0.3) is 11.0 Å². The van der Waals surface area contributed by atoms with Crippen LogP contribution in [0, 0.1) is 0 Å². The maximum absolute atomic E-state index is 5.74. The van der Waals surface area contributed by atoms with Gasteiger partial charge in [0.15, 0.2) is 5.65 Å². The van der Waals surface area contributed by atoms with Crippen LogP contribution in [-0.4, -0.2) is 19.7 Å². The Morgan fingerprint density at radius 3 is 2.88 bits per heavy atom. The maximum atomic E-state index is 5.74. The molecule has 0 bridgehead atoms. The van der Waals surface area contributed by atoms with Gasteiger partial charge in [-0.2, -0.15) is 5.10 Å². The normalized spacial score (nSPS) is 11.1. The zero-order valence-corrected chi connectivity index (χ0v) is 9.56. The fourth-order valence-electron chi connectivity index (χ4n) is 1.72. The first-order valence-corrected chi connectivity index (χ1v) is 5.75. The highest BCUT2D eigenvalue weighted by Crippen LogP contribution is 2.14. The minimum absolute atomic E-state index is 0.504. The molecule has 2 rings (SSSR count). The van der Waals surface area contributed by atoms with Crippen molar-refractivity contribution in [3.8, 4) is 0 Å². The lowest BCUT2D eigenvalue weighted by molar-refractivity contribution is 0.544. The smallest absolute Gasteiger partial charge is 0.186 e. The van der Waals surface area contributed by atoms with Crippen molar-refractivity contribution in [3.63, 3.8) is 0 Å². The van der Waals surface area contributed by atoms with Crippen molar-refractivity contribution in [2.75, 3.05) is 5.73 Å². The quantitative estimate of drug-likeness (QED) is 0.781. The second kappa shape index (κ2) is 4.92. The van der Waals surface area contributed by atoms with Gasteiger partial charge in [0.25, 0.3) is 0 Å². The Morgan fingerprint density at radius 1 is 1.25 bits per heavy atom. The zero-order valence-electron chi connectivity index (χ0n) is 9.56. The van der Waals surface area contributed by atoms with E-state index in [0.717, 1.165) is 18.4 Å². The van der Waals surface area contributed by atoms with Crippen LogP contribution in [-0.2, 0) is 6.54 Å². The number of anilines is 1. The van der Waals surface area contributed by atoms with Crippen LogP contribution in [0.15, 0.2) is 12.5 Å². The molecular formula is C11H17N5. The third-order valence-electron chi connectivity index (χ3n) is 2.64. The summed E-state index contributed by atoms with van der Waals surface area (Å²) in [5.74, 6) is 0.504. The van der Waals surface area contributed by atoms with Crippen molar-refractivity contribution in [1.82, 2.24) is 19.7 Å². The lowest BCUT2D eigenvalue weighted by Crippen LogP contribution is -1.98. The Hall–Kier alpha value is -1.65. The standard InChI is InChI=1S/C11H17N5/c1-2-3-4-5-6-16-7-9-10(12)13-8-14-11(9)15-16/h7-8H,2-6H2,1H3,(H2,12,13,14,15). The summed E-state index contributed by atoms with van der Waals surface area (Å²) in [4.78, 5) is 8.03. The van der Waals surface area contributed by atoms with Gasteiger partial charge in [-0.25, -0.2) is 9.97 Å². The molecule has 0 aliphatic rings. The average Bonchev–Trinajstić information content (AvgIpc) is 2.69. The van der Waals surface area contributed by atoms with E-state index in [1.807, 2.05) is 10.9 Å². The molecule has 2 aromatic rings. The van der Waals surface area contributed by atoms with Crippen molar-refractivity contribution >= 4 is 16.9 Å². The molecule has 5 nitrogen and oxygen atoms in total. The van der Waals surface area contributed by atoms with E-state index in [0.29, 0.717) is 11.5 Å². The van der Waals surface area contributed by atoms with Crippen LogP contribution in [0.5, 0.6) is 0 Å². The van der Waals surface area contributed by atoms with E-state index in [4.69, 9.17) is 5.73 Å². The summed E-state index contributed by atoms with van der Waals surface area (Å²) in [6.45, 7) is 3.13. The van der Waals surface area contributed by atoms with Crippen LogP contribution in [0.3, 0.4) is 0 Å². The molecule has 0 aliphatic heterocycles. The number of nitrogens with zero attached hydrogens (tertiary/aromatic N) is 4. The molecule has 0 radical (unpaired) electrons. The van der Waals surface area contributed by atoms with Gasteiger partial charge in [0.1, 0.15) is 12.1 Å². The molecule has 16 heavy (non-hydrogen) atoms. The lowest BCUT2D eigenvalue weighted by atomic mass is 10.2. The van der Waals surface area contributed by atoms with Crippen molar-refractivity contribution in [2.24, 2.45) is 0 Å². The molecular weight excluding hydrogens is 202 g/mol. The van der Waals surface area contributed by atoms with E-state index in [2.05, 4.69) is 22.0 Å². The summed E-state index contributed by atoms with van der Waals surface area (Å²) in [7, 11) is 0. The van der Waals surface area contributed by atoms with Crippen molar-refractivity contribution in [3.05, 3.63) is 12.5 Å². The molecule has 0 saturated carbocycles. The molecule has 0 amide bonds. The number of aromatic nitrogens is 4. The second-order valence-corrected chi connectivity index (χ2v) is 3.95. The van der Waals surface area contributed by atoms with Gasteiger partial charge in [-0.05, 0) is 6.42 Å². The third-order valence-corrected chi connectivity index (χ3v) is 2.64. The summed E-state index contributed by atoms with van der Waals surface area (Å²) in [5.41, 5.74) is 6.42. The fraction of sp³-hybridized carbons (Fsp3) is 0.545. The molecule has 0 aliphatic carbocycles. The molecule has 0 unspecified atom stereocenters. The number of nitrogen functional groups attached to an aromatic ring is 1. The highest BCUT2D eigenvalue weighted by molar-refractivity contribution is 5.84. The predicted octanol–water partition coefficient (Wildman–Crippen LogP) is 1.99. The van der Waals surface area contributed by atoms with Gasteiger partial charge in [0, 0.05) is 12.7 Å². The van der Waals surface area contributed by atoms with E-state index < -0.39 is 0 Å². The molecule has 0 spiro atoms. The minimum atomic E-state index is 0.504. The van der Waals surface area contributed by atoms with E-state index in [-0.39, 0.29) is 0 Å². The van der Waals surface area contributed by atoms with Crippen LogP contribution >= 0.6 is 0 Å². The Morgan fingerprint density at radius 2 is 2.12 bits per heavy atom. The monoisotopic (exact) mass is 219 g/mol. The number of hydrogen-bond acceptors (Lipinski definition) is 4. The van der Waals surface area contributed by atoms with Gasteiger partial charge in [-0.3, -0.25) is 4.68 Å². The van der Waals surface area contributed by atoms with Gasteiger partial charge in [-0.1, -0.05) is 26.2 Å². The number of unbranched alkanes of at least 4 members (excludes halogenated alkanes) is 3. The largest absolute Gasteiger partial charge is 0.383 e. The SMILES string of the molecule is CCCCCCn1cc2c(N)ncnc2n1. The summed E-state index contributed by atoms with van der Waals surface area (Å²) >= 11 is 0. The maximum Gasteiger partial charge on any atom is 0.186 e. The summed E-state index contributed by atoms with van der Waals surface area (Å²) in [5, 5.41) is 5.20. The molecule has 86 valence electrons. The molecule has 2 heterocycles. The van der Waals surface area contributed by atoms with Gasteiger partial charge < -0.3 is 5.73 Å². The van der Waals surface area contributed by atoms with E-state index in [1.54, 1.807) is 0 Å². The number of nitrogens with two attached hydrogens (primary N) is 1. The Bertz CT molecular complexity index is 462.